The van der Waals surface area contributed by atoms with Gasteiger partial charge in [-0.15, -0.1) is 0 Å². The van der Waals surface area contributed by atoms with Crippen LogP contribution in [0.3, 0.4) is 0 Å². The van der Waals surface area contributed by atoms with Crippen molar-refractivity contribution in [2.45, 2.75) is 45.7 Å². The molecule has 0 spiro atoms. The number of carbonyl (C=O) groups excluding carboxylic acids is 2. The lowest BCUT2D eigenvalue weighted by Gasteiger charge is -2.31. The van der Waals surface area contributed by atoms with Gasteiger partial charge in [-0.3, -0.25) is 9.59 Å². The van der Waals surface area contributed by atoms with Crippen LogP contribution in [0.1, 0.15) is 37.8 Å². The number of carbonyl (C=O) groups is 2. The first kappa shape index (κ1) is 23.5. The average Bonchev–Trinajstić information content (AvgIpc) is 2.70. The maximum Gasteiger partial charge on any atom is 0.242 e. The zero-order valence-electron chi connectivity index (χ0n) is 16.6. The molecule has 0 bridgehead atoms. The molecule has 0 saturated heterocycles. The van der Waals surface area contributed by atoms with Crippen molar-refractivity contribution < 1.29 is 9.59 Å². The van der Waals surface area contributed by atoms with Crippen LogP contribution in [0.25, 0.3) is 0 Å². The summed E-state index contributed by atoms with van der Waals surface area (Å²) in [4.78, 5) is 27.5. The van der Waals surface area contributed by atoms with Crippen molar-refractivity contribution in [1.29, 1.82) is 0 Å². The highest BCUT2D eigenvalue weighted by Gasteiger charge is 2.29. The van der Waals surface area contributed by atoms with Crippen LogP contribution >= 0.6 is 34.8 Å². The van der Waals surface area contributed by atoms with E-state index in [0.29, 0.717) is 33.6 Å². The molecule has 2 aromatic carbocycles. The Kier molecular flexibility index (Phi) is 9.28. The van der Waals surface area contributed by atoms with Crippen LogP contribution in [0.5, 0.6) is 0 Å². The summed E-state index contributed by atoms with van der Waals surface area (Å²) in [6.45, 7) is 4.57. The fourth-order valence-electron chi connectivity index (χ4n) is 3.02. The number of halogens is 3. The van der Waals surface area contributed by atoms with E-state index in [1.165, 1.54) is 0 Å². The summed E-state index contributed by atoms with van der Waals surface area (Å²) in [6, 6.07) is 11.7. The molecule has 1 N–H and O–H groups in total. The summed E-state index contributed by atoms with van der Waals surface area (Å²) in [7, 11) is 0. The molecule has 0 aliphatic heterocycles. The number of nitrogens with zero attached hydrogens (tertiary/aromatic N) is 1. The van der Waals surface area contributed by atoms with Gasteiger partial charge in [0, 0.05) is 33.7 Å². The van der Waals surface area contributed by atoms with Crippen molar-refractivity contribution in [3.63, 3.8) is 0 Å². The molecule has 4 nitrogen and oxygen atoms in total. The lowest BCUT2D eigenvalue weighted by atomic mass is 10.1. The van der Waals surface area contributed by atoms with Crippen LogP contribution < -0.4 is 5.32 Å². The highest BCUT2D eigenvalue weighted by Crippen LogP contribution is 2.27. The second-order valence-corrected chi connectivity index (χ2v) is 7.99. The predicted molar refractivity (Wildman–Crippen MR) is 120 cm³/mol. The molecule has 1 atom stereocenters. The minimum absolute atomic E-state index is 0.150. The Morgan fingerprint density at radius 3 is 2.17 bits per heavy atom. The van der Waals surface area contributed by atoms with E-state index in [-0.39, 0.29) is 24.8 Å². The number of rotatable bonds is 9. The van der Waals surface area contributed by atoms with E-state index in [1.54, 1.807) is 47.4 Å². The van der Waals surface area contributed by atoms with Gasteiger partial charge in [-0.2, -0.15) is 0 Å². The predicted octanol–water partition coefficient (Wildman–Crippen LogP) is 5.52. The van der Waals surface area contributed by atoms with Gasteiger partial charge in [0.2, 0.25) is 11.8 Å². The molecule has 0 saturated carbocycles. The normalized spacial score (nSPS) is 11.8. The van der Waals surface area contributed by atoms with Crippen molar-refractivity contribution in [1.82, 2.24) is 10.2 Å². The van der Waals surface area contributed by atoms with E-state index in [9.17, 15) is 9.59 Å². The van der Waals surface area contributed by atoms with Crippen LogP contribution in [-0.2, 0) is 22.6 Å². The summed E-state index contributed by atoms with van der Waals surface area (Å²) < 4.78 is 0. The van der Waals surface area contributed by atoms with Gasteiger partial charge >= 0.3 is 0 Å². The first-order valence-electron chi connectivity index (χ1n) is 9.61. The van der Waals surface area contributed by atoms with Crippen LogP contribution in [0, 0.1) is 0 Å². The van der Waals surface area contributed by atoms with E-state index in [4.69, 9.17) is 34.8 Å². The SMILES string of the molecule is CCCNC(=O)C(CC)N(Cc1c(Cl)cccc1Cl)C(=O)Cc1ccc(Cl)cc1. The third-order valence-electron chi connectivity index (χ3n) is 4.59. The Morgan fingerprint density at radius 1 is 1.00 bits per heavy atom. The zero-order chi connectivity index (χ0) is 21.4. The van der Waals surface area contributed by atoms with Crippen molar-refractivity contribution in [2.24, 2.45) is 0 Å². The molecule has 2 rings (SSSR count). The summed E-state index contributed by atoms with van der Waals surface area (Å²) in [5, 5.41) is 4.42. The van der Waals surface area contributed by atoms with Crippen LogP contribution in [0.2, 0.25) is 15.1 Å². The van der Waals surface area contributed by atoms with Crippen molar-refractivity contribution >= 4 is 46.6 Å². The minimum atomic E-state index is -0.617. The van der Waals surface area contributed by atoms with E-state index in [0.717, 1.165) is 12.0 Å². The number of nitrogens with one attached hydrogen (secondary N) is 1. The molecular formula is C22H25Cl3N2O2. The molecular weight excluding hydrogens is 431 g/mol. The lowest BCUT2D eigenvalue weighted by molar-refractivity contribution is -0.140. The molecule has 0 fully saturated rings. The first-order chi connectivity index (χ1) is 13.9. The van der Waals surface area contributed by atoms with Gasteiger partial charge in [-0.1, -0.05) is 66.8 Å². The van der Waals surface area contributed by atoms with Crippen molar-refractivity contribution in [3.05, 3.63) is 68.7 Å². The second-order valence-electron chi connectivity index (χ2n) is 6.74. The van der Waals surface area contributed by atoms with Crippen LogP contribution in [0.4, 0.5) is 0 Å². The fourth-order valence-corrected chi connectivity index (χ4v) is 3.66. The van der Waals surface area contributed by atoms with E-state index >= 15 is 0 Å². The Balaban J connectivity index is 2.33. The van der Waals surface area contributed by atoms with Crippen molar-refractivity contribution in [2.75, 3.05) is 6.54 Å². The topological polar surface area (TPSA) is 49.4 Å². The van der Waals surface area contributed by atoms with Crippen molar-refractivity contribution in [3.8, 4) is 0 Å². The van der Waals surface area contributed by atoms with Gasteiger partial charge < -0.3 is 10.2 Å². The fraction of sp³-hybridized carbons (Fsp3) is 0.364. The first-order valence-corrected chi connectivity index (χ1v) is 10.7. The highest BCUT2D eigenvalue weighted by atomic mass is 35.5. The van der Waals surface area contributed by atoms with Gasteiger partial charge in [0.1, 0.15) is 6.04 Å². The van der Waals surface area contributed by atoms with E-state index < -0.39 is 6.04 Å². The summed E-state index contributed by atoms with van der Waals surface area (Å²) in [6.07, 6.45) is 1.44. The number of hydrogen-bond donors (Lipinski definition) is 1. The molecule has 0 aliphatic carbocycles. The van der Waals surface area contributed by atoms with Gasteiger partial charge in [0.15, 0.2) is 0 Å². The maximum atomic E-state index is 13.2. The van der Waals surface area contributed by atoms with E-state index in [2.05, 4.69) is 5.32 Å². The summed E-state index contributed by atoms with van der Waals surface area (Å²) in [5.41, 5.74) is 1.44. The summed E-state index contributed by atoms with van der Waals surface area (Å²) >= 11 is 18.6. The standard InChI is InChI=1S/C22H25Cl3N2O2/c1-3-12-26-22(29)20(4-2)27(14-17-18(24)6-5-7-19(17)25)21(28)13-15-8-10-16(23)11-9-15/h5-11,20H,3-4,12-14H2,1-2H3,(H,26,29). The average molecular weight is 456 g/mol. The maximum absolute atomic E-state index is 13.2. The molecule has 0 heterocycles. The monoisotopic (exact) mass is 454 g/mol. The number of amides is 2. The lowest BCUT2D eigenvalue weighted by Crippen LogP contribution is -2.49. The van der Waals surface area contributed by atoms with Gasteiger partial charge in [0.05, 0.1) is 6.42 Å². The number of hydrogen-bond acceptors (Lipinski definition) is 2. The smallest absolute Gasteiger partial charge is 0.242 e. The number of benzene rings is 2. The molecule has 29 heavy (non-hydrogen) atoms. The second kappa shape index (κ2) is 11.4. The van der Waals surface area contributed by atoms with E-state index in [1.807, 2.05) is 13.8 Å². The molecule has 0 aromatic heterocycles. The summed E-state index contributed by atoms with van der Waals surface area (Å²) in [5.74, 6) is -0.358. The quantitative estimate of drug-likeness (QED) is 0.541. The minimum Gasteiger partial charge on any atom is -0.354 e. The van der Waals surface area contributed by atoms with Crippen LogP contribution in [-0.4, -0.2) is 29.3 Å². The molecule has 2 amide bonds. The Bertz CT molecular complexity index is 820. The van der Waals surface area contributed by atoms with Gasteiger partial charge in [-0.05, 0) is 42.7 Å². The Hall–Kier alpha value is -1.75. The third-order valence-corrected chi connectivity index (χ3v) is 5.55. The largest absolute Gasteiger partial charge is 0.354 e. The Labute approximate surface area is 187 Å². The third kappa shape index (κ3) is 6.63. The Morgan fingerprint density at radius 2 is 1.62 bits per heavy atom. The van der Waals surface area contributed by atoms with Gasteiger partial charge in [-0.25, -0.2) is 0 Å². The molecule has 0 radical (unpaired) electrons. The highest BCUT2D eigenvalue weighted by molar-refractivity contribution is 6.36. The zero-order valence-corrected chi connectivity index (χ0v) is 18.8. The van der Waals surface area contributed by atoms with Crippen LogP contribution in [0.15, 0.2) is 42.5 Å². The van der Waals surface area contributed by atoms with Gasteiger partial charge in [0.25, 0.3) is 0 Å². The molecule has 2 aromatic rings. The molecule has 1 unspecified atom stereocenters. The molecule has 0 aliphatic rings. The molecule has 7 heteroatoms. The molecule has 156 valence electrons.